The van der Waals surface area contributed by atoms with Crippen LogP contribution in [-0.4, -0.2) is 93.1 Å². The molecule has 13 rings (SSSR count). The van der Waals surface area contributed by atoms with Gasteiger partial charge in [-0.25, -0.2) is 19.2 Å². The maximum Gasteiger partial charge on any atom is 1.00 e. The molecular weight excluding hydrogens is 1370 g/mol. The molecule has 8 aromatic carbocycles. The number of aromatic hydroxyl groups is 5. The fourth-order valence-corrected chi connectivity index (χ4v) is 11.8. The van der Waals surface area contributed by atoms with Crippen LogP contribution in [0.25, 0.3) is 34.1 Å². The van der Waals surface area contributed by atoms with Crippen molar-refractivity contribution in [1.29, 1.82) is 0 Å². The fourth-order valence-electron chi connectivity index (χ4n) is 11.8. The molecule has 22 nitrogen and oxygen atoms in total. The van der Waals surface area contributed by atoms with Crippen molar-refractivity contribution in [3.63, 3.8) is 0 Å². The van der Waals surface area contributed by atoms with Crippen LogP contribution in [0.4, 0.5) is 0 Å². The summed E-state index contributed by atoms with van der Waals surface area (Å²) in [7, 11) is 2.47. The summed E-state index contributed by atoms with van der Waals surface area (Å²) in [6.07, 6.45) is 18.2. The van der Waals surface area contributed by atoms with Crippen molar-refractivity contribution in [3.8, 4) is 57.5 Å². The molecule has 0 unspecified atom stereocenters. The third-order valence-corrected chi connectivity index (χ3v) is 17.2. The van der Waals surface area contributed by atoms with Crippen LogP contribution >= 0.6 is 0 Å². The van der Waals surface area contributed by atoms with E-state index in [0.29, 0.717) is 50.3 Å². The molecule has 3 aliphatic carbocycles. The van der Waals surface area contributed by atoms with Gasteiger partial charge in [0.05, 0.1) is 49.2 Å². The fraction of sp³-hybridized carbons (Fsp3) is 0.210. The first kappa shape index (κ1) is 80.0. The summed E-state index contributed by atoms with van der Waals surface area (Å²) in [5, 5.41) is 75.1. The molecule has 105 heavy (non-hydrogen) atoms. The van der Waals surface area contributed by atoms with Gasteiger partial charge >= 0.3 is 82.3 Å². The molecule has 2 aromatic heterocycles. The monoisotopic (exact) mass is 1440 g/mol. The van der Waals surface area contributed by atoms with Crippen LogP contribution in [0.3, 0.4) is 0 Å². The molecular formula is C81H70Na2O22. The zero-order chi connectivity index (χ0) is 73.3. The quantitative estimate of drug-likeness (QED) is 0.0192. The van der Waals surface area contributed by atoms with Crippen LogP contribution in [-0.2, 0) is 19.1 Å². The summed E-state index contributed by atoms with van der Waals surface area (Å²) in [5.41, 5.74) is 1.98. The Labute approximate surface area is 646 Å². The number of phenols is 5. The minimum atomic E-state index is -0.615. The Morgan fingerprint density at radius 2 is 0.743 bits per heavy atom. The standard InChI is InChI=1S/2C22H22O6.C21H18O5.C16H10O5.2Na/c2*1-27-21(25)11-7-14-12-15(6-10-19(14)23)22(26)18-9-8-17(13-20(18)24)28-16-4-2-3-5-16;22-18-12-16(25-15-3-1-2-4-15)7-8-17(18)21(24)14-5-9-19-13(11-14)6-10-20(23)26-19;17-11-3-4-12(13(18)8-11)16(20)10-1-5-14-9(7-10)2-6-15(19)21-14;;/h2*6-13,16,23-24H,2-5H2,1H3;5-12,15,22H,1-4H2;1-8,17-18H;;/q;;;;2*+1/p-2/b2*11-7+;;;;. The van der Waals surface area contributed by atoms with E-state index in [9.17, 15) is 74.1 Å². The number of benzene rings is 8. The molecule has 0 radical (unpaired) electrons. The number of hydrogen-bond acceptors (Lipinski definition) is 22. The molecule has 0 saturated heterocycles. The van der Waals surface area contributed by atoms with Gasteiger partial charge in [-0.2, -0.15) is 0 Å². The number of phenolic OH excluding ortho intramolecular Hbond substituents is 5. The second-order valence-corrected chi connectivity index (χ2v) is 24.4. The molecule has 3 aliphatic rings. The largest absolute Gasteiger partial charge is 1.00 e. The second-order valence-electron chi connectivity index (χ2n) is 24.4. The zero-order valence-electron chi connectivity index (χ0n) is 57.9. The van der Waals surface area contributed by atoms with E-state index in [-0.39, 0.29) is 168 Å². The number of methoxy groups -OCH3 is 2. The van der Waals surface area contributed by atoms with Gasteiger partial charge in [0.25, 0.3) is 0 Å². The second kappa shape index (κ2) is 37.6. The average molecular weight is 1440 g/mol. The topological polar surface area (TPSA) is 356 Å². The van der Waals surface area contributed by atoms with Gasteiger partial charge in [0, 0.05) is 86.6 Å². The summed E-state index contributed by atoms with van der Waals surface area (Å²) < 4.78 is 36.5. The van der Waals surface area contributed by atoms with Crippen LogP contribution in [0.2, 0.25) is 0 Å². The van der Waals surface area contributed by atoms with E-state index in [2.05, 4.69) is 9.47 Å². The smallest absolute Gasteiger partial charge is 0.872 e. The third kappa shape index (κ3) is 21.5. The van der Waals surface area contributed by atoms with Gasteiger partial charge < -0.3 is 68.3 Å². The van der Waals surface area contributed by atoms with Gasteiger partial charge in [-0.05, 0) is 222 Å². The molecule has 3 saturated carbocycles. The molecule has 24 heteroatoms. The maximum atomic E-state index is 12.8. The number of hydrogen-bond donors (Lipinski definition) is 5. The Kier molecular flexibility index (Phi) is 28.7. The van der Waals surface area contributed by atoms with Gasteiger partial charge in [-0.1, -0.05) is 17.9 Å². The number of ketones is 4. The molecule has 2 heterocycles. The number of fused-ring (bicyclic) bond motifs is 2. The summed E-state index contributed by atoms with van der Waals surface area (Å²) in [6, 6.07) is 41.0. The number of ether oxygens (including phenoxy) is 5. The Morgan fingerprint density at radius 3 is 1.16 bits per heavy atom. The number of esters is 2. The molecule has 3 fully saturated rings. The van der Waals surface area contributed by atoms with E-state index in [1.807, 2.05) is 0 Å². The van der Waals surface area contributed by atoms with Crippen molar-refractivity contribution in [2.45, 2.75) is 95.4 Å². The normalized spacial score (nSPS) is 13.4. The summed E-state index contributed by atoms with van der Waals surface area (Å²) in [5.74, 6) is -2.76. The van der Waals surface area contributed by atoms with E-state index in [0.717, 1.165) is 95.3 Å². The van der Waals surface area contributed by atoms with Crippen molar-refractivity contribution < 1.29 is 156 Å². The summed E-state index contributed by atoms with van der Waals surface area (Å²) in [6.45, 7) is 0. The molecule has 0 amide bonds. The number of carbonyl (C=O) groups excluding carboxylic acids is 6. The third-order valence-electron chi connectivity index (χ3n) is 17.2. The van der Waals surface area contributed by atoms with Crippen LogP contribution in [0, 0.1) is 0 Å². The van der Waals surface area contributed by atoms with Crippen molar-refractivity contribution in [1.82, 2.24) is 0 Å². The van der Waals surface area contributed by atoms with E-state index in [1.165, 1.54) is 129 Å². The summed E-state index contributed by atoms with van der Waals surface area (Å²) in [4.78, 5) is 95.4. The predicted octanol–water partition coefficient (Wildman–Crippen LogP) is 6.90. The Balaban J connectivity index is 0.000000177. The van der Waals surface area contributed by atoms with Crippen molar-refractivity contribution in [2.75, 3.05) is 14.2 Å². The number of rotatable bonds is 18. The first-order valence-corrected chi connectivity index (χ1v) is 33.0. The van der Waals surface area contributed by atoms with Crippen molar-refractivity contribution >= 4 is 69.2 Å². The van der Waals surface area contributed by atoms with Crippen LogP contribution in [0.15, 0.2) is 200 Å². The molecule has 10 aromatic rings. The van der Waals surface area contributed by atoms with Gasteiger partial charge in [-0.15, -0.1) is 5.75 Å². The van der Waals surface area contributed by atoms with E-state index in [1.54, 1.807) is 60.7 Å². The minimum absolute atomic E-state index is 0. The average Bonchev–Trinajstić information content (AvgIpc) is 1.48. The molecule has 5 N–H and O–H groups in total. The van der Waals surface area contributed by atoms with Gasteiger partial charge in [0.15, 0.2) is 23.1 Å². The first-order valence-electron chi connectivity index (χ1n) is 33.0. The SMILES string of the molecule is COC(=O)/C=C/c1cc(C(=O)c2ccc(OC3CCCC3)cc2O)ccc1O.COC(=O)/C=C/c1cc(C(=O)c2ccc(OC3CCCC3)cc2[O-])ccc1[O-].O=C(c1ccc2oc(=O)ccc2c1)c1ccc(O)cc1O.O=C(c1ccc2oc(=O)ccc2c1)c1ccc(OC2CCCC2)cc1O.[Na+].[Na+]. The van der Waals surface area contributed by atoms with Crippen LogP contribution in [0.1, 0.15) is 152 Å². The molecule has 0 atom stereocenters. The van der Waals surface area contributed by atoms with Gasteiger partial charge in [0.2, 0.25) is 0 Å². The van der Waals surface area contributed by atoms with Crippen LogP contribution < -0.4 is 94.8 Å². The van der Waals surface area contributed by atoms with E-state index < -0.39 is 40.5 Å². The minimum Gasteiger partial charge on any atom is -0.872 e. The van der Waals surface area contributed by atoms with Crippen molar-refractivity contribution in [2.24, 2.45) is 0 Å². The summed E-state index contributed by atoms with van der Waals surface area (Å²) >= 11 is 0. The molecule has 0 aliphatic heterocycles. The maximum absolute atomic E-state index is 12.8. The molecule has 528 valence electrons. The Morgan fingerprint density at radius 1 is 0.381 bits per heavy atom. The number of carbonyl (C=O) groups is 6. The van der Waals surface area contributed by atoms with E-state index >= 15 is 0 Å². The molecule has 0 spiro atoms. The first-order chi connectivity index (χ1) is 49.6. The van der Waals surface area contributed by atoms with Gasteiger partial charge in [-0.3, -0.25) is 19.2 Å². The van der Waals surface area contributed by atoms with Crippen molar-refractivity contribution in [3.05, 3.63) is 258 Å². The van der Waals surface area contributed by atoms with E-state index in [4.69, 9.17) is 23.0 Å². The van der Waals surface area contributed by atoms with Gasteiger partial charge in [0.1, 0.15) is 57.2 Å². The molecule has 0 bridgehead atoms. The predicted molar refractivity (Wildman–Crippen MR) is 375 cm³/mol. The Bertz CT molecular complexity index is 4860. The van der Waals surface area contributed by atoms with Crippen LogP contribution in [0.5, 0.6) is 57.5 Å². The Hall–Kier alpha value is -10.7. The zero-order valence-corrected chi connectivity index (χ0v) is 61.9.